The summed E-state index contributed by atoms with van der Waals surface area (Å²) in [7, 11) is -3.84. The zero-order valence-corrected chi connectivity index (χ0v) is 15.4. The molecule has 0 amide bonds. The summed E-state index contributed by atoms with van der Waals surface area (Å²) in [5, 5.41) is 8.97. The summed E-state index contributed by atoms with van der Waals surface area (Å²) < 4.78 is 67.2. The van der Waals surface area contributed by atoms with E-state index < -0.39 is 32.1 Å². The van der Waals surface area contributed by atoms with Crippen LogP contribution in [0.4, 0.5) is 18.9 Å². The lowest BCUT2D eigenvalue weighted by atomic mass is 9.76. The Bertz CT molecular complexity index is 951. The highest BCUT2D eigenvalue weighted by molar-refractivity contribution is 7.94. The van der Waals surface area contributed by atoms with Crippen molar-refractivity contribution >= 4 is 15.7 Å². The highest BCUT2D eigenvalue weighted by atomic mass is 32.2. The number of sulfonamides is 1. The van der Waals surface area contributed by atoms with Crippen LogP contribution in [-0.4, -0.2) is 19.7 Å². The van der Waals surface area contributed by atoms with Crippen molar-refractivity contribution in [3.8, 4) is 6.07 Å². The number of hydrogen-bond acceptors (Lipinski definition) is 3. The fraction of sp³-hybridized carbons (Fsp3) is 0.526. The first-order valence-electron chi connectivity index (χ1n) is 8.91. The summed E-state index contributed by atoms with van der Waals surface area (Å²) in [4.78, 5) is 0. The molecule has 3 aliphatic rings. The Morgan fingerprint density at radius 1 is 1.37 bits per heavy atom. The lowest BCUT2D eigenvalue weighted by Crippen LogP contribution is -2.47. The molecule has 0 N–H and O–H groups in total. The normalized spacial score (nSPS) is 33.7. The fourth-order valence-corrected chi connectivity index (χ4v) is 8.40. The predicted octanol–water partition coefficient (Wildman–Crippen LogP) is 4.09. The van der Waals surface area contributed by atoms with Crippen LogP contribution in [0.5, 0.6) is 0 Å². The van der Waals surface area contributed by atoms with Gasteiger partial charge in [0.1, 0.15) is 4.75 Å². The maximum atomic E-state index is 13.5. The van der Waals surface area contributed by atoms with Crippen LogP contribution in [0.2, 0.25) is 0 Å². The van der Waals surface area contributed by atoms with Gasteiger partial charge in [-0.1, -0.05) is 6.08 Å². The van der Waals surface area contributed by atoms with Crippen LogP contribution in [0.1, 0.15) is 36.8 Å². The van der Waals surface area contributed by atoms with Gasteiger partial charge in [-0.25, -0.2) is 8.42 Å². The number of fused-ring (bicyclic) bond motifs is 5. The second-order valence-corrected chi connectivity index (χ2v) is 9.85. The van der Waals surface area contributed by atoms with Crippen LogP contribution in [0, 0.1) is 29.1 Å². The molecule has 27 heavy (non-hydrogen) atoms. The van der Waals surface area contributed by atoms with E-state index in [1.54, 1.807) is 6.08 Å². The molecule has 144 valence electrons. The molecule has 0 unspecified atom stereocenters. The third kappa shape index (κ3) is 2.30. The van der Waals surface area contributed by atoms with Gasteiger partial charge in [0.25, 0.3) is 0 Å². The van der Waals surface area contributed by atoms with Gasteiger partial charge in [0.15, 0.2) is 0 Å². The third-order valence-electron chi connectivity index (χ3n) is 6.67. The molecular weight excluding hydrogens is 377 g/mol. The van der Waals surface area contributed by atoms with E-state index in [0.717, 1.165) is 35.7 Å². The van der Waals surface area contributed by atoms with Crippen molar-refractivity contribution in [2.75, 3.05) is 10.8 Å². The van der Waals surface area contributed by atoms with Gasteiger partial charge < -0.3 is 0 Å². The molecule has 1 saturated heterocycles. The number of anilines is 1. The van der Waals surface area contributed by atoms with E-state index >= 15 is 0 Å². The Balaban J connectivity index is 1.83. The van der Waals surface area contributed by atoms with Crippen LogP contribution in [0.15, 0.2) is 30.9 Å². The van der Waals surface area contributed by atoms with E-state index in [1.165, 1.54) is 12.1 Å². The molecule has 8 heteroatoms. The monoisotopic (exact) mass is 396 g/mol. The number of nitrogens with zero attached hydrogens (tertiary/aromatic N) is 2. The SMILES string of the molecule is C=CC[C@@]12[C@H]3CC[C@H](C3)[C@@H]1CN(c1ccc(C#N)c(C(F)(F)F)c1)S2(=O)=O. The molecule has 0 spiro atoms. The standard InChI is InChI=1S/C19H19F3N2O2S/c1-2-7-18-14-5-3-12(8-14)17(18)11-24(27(18,25)26)15-6-4-13(10-23)16(9-15)19(20,21)22/h2,4,6,9,12,14,17H,1,3,5,7-8,11H2/t12-,14+,17+,18-/m1/s1. The number of allylic oxidation sites excluding steroid dienone is 1. The van der Waals surface area contributed by atoms with Crippen molar-refractivity contribution in [1.29, 1.82) is 5.26 Å². The van der Waals surface area contributed by atoms with Crippen molar-refractivity contribution in [1.82, 2.24) is 0 Å². The molecule has 4 nitrogen and oxygen atoms in total. The molecule has 0 aromatic heterocycles. The molecule has 0 radical (unpaired) electrons. The van der Waals surface area contributed by atoms with Gasteiger partial charge in [0, 0.05) is 12.5 Å². The maximum Gasteiger partial charge on any atom is 0.417 e. The van der Waals surface area contributed by atoms with Crippen LogP contribution in [0.25, 0.3) is 0 Å². The molecule has 1 aromatic rings. The van der Waals surface area contributed by atoms with E-state index in [4.69, 9.17) is 5.26 Å². The Kier molecular flexibility index (Phi) is 3.90. The molecule has 2 bridgehead atoms. The molecule has 4 atom stereocenters. The van der Waals surface area contributed by atoms with Crippen molar-refractivity contribution in [3.05, 3.63) is 42.0 Å². The van der Waals surface area contributed by atoms with Gasteiger partial charge in [-0.3, -0.25) is 4.31 Å². The average molecular weight is 396 g/mol. The summed E-state index contributed by atoms with van der Waals surface area (Å²) in [6, 6.07) is 4.68. The molecule has 3 fully saturated rings. The van der Waals surface area contributed by atoms with Gasteiger partial charge in [-0.15, -0.1) is 6.58 Å². The maximum absolute atomic E-state index is 13.5. The molecule has 1 heterocycles. The van der Waals surface area contributed by atoms with Gasteiger partial charge in [0.05, 0.1) is 22.9 Å². The summed E-state index contributed by atoms with van der Waals surface area (Å²) in [6.45, 7) is 3.92. The van der Waals surface area contributed by atoms with E-state index in [0.29, 0.717) is 6.42 Å². The van der Waals surface area contributed by atoms with Crippen LogP contribution >= 0.6 is 0 Å². The fourth-order valence-electron chi connectivity index (χ4n) is 5.63. The molecule has 4 rings (SSSR count). The zero-order valence-electron chi connectivity index (χ0n) is 14.5. The van der Waals surface area contributed by atoms with Crippen LogP contribution in [0.3, 0.4) is 0 Å². The second kappa shape index (κ2) is 5.74. The van der Waals surface area contributed by atoms with Gasteiger partial charge in [-0.05, 0) is 55.7 Å². The number of nitriles is 1. The summed E-state index contributed by atoms with van der Waals surface area (Å²) in [5.41, 5.74) is -1.63. The third-order valence-corrected chi connectivity index (χ3v) is 9.38. The minimum Gasteiger partial charge on any atom is -0.269 e. The smallest absolute Gasteiger partial charge is 0.269 e. The number of benzene rings is 1. The number of hydrogen-bond donors (Lipinski definition) is 0. The topological polar surface area (TPSA) is 61.2 Å². The largest absolute Gasteiger partial charge is 0.417 e. The van der Waals surface area contributed by atoms with Crippen molar-refractivity contribution in [3.63, 3.8) is 0 Å². The Morgan fingerprint density at radius 3 is 2.74 bits per heavy atom. The van der Waals surface area contributed by atoms with Crippen LogP contribution < -0.4 is 4.31 Å². The highest BCUT2D eigenvalue weighted by Gasteiger charge is 2.69. The minimum absolute atomic E-state index is 0.0152. The summed E-state index contributed by atoms with van der Waals surface area (Å²) in [6.07, 6.45) is -0.109. The average Bonchev–Trinajstić information content (AvgIpc) is 3.25. The van der Waals surface area contributed by atoms with Gasteiger partial charge >= 0.3 is 6.18 Å². The van der Waals surface area contributed by atoms with E-state index in [1.807, 2.05) is 0 Å². The van der Waals surface area contributed by atoms with Gasteiger partial charge in [0.2, 0.25) is 10.0 Å². The van der Waals surface area contributed by atoms with Crippen molar-refractivity contribution < 1.29 is 21.6 Å². The summed E-state index contributed by atoms with van der Waals surface area (Å²) >= 11 is 0. The van der Waals surface area contributed by atoms with Crippen molar-refractivity contribution in [2.24, 2.45) is 17.8 Å². The minimum atomic E-state index is -4.72. The second-order valence-electron chi connectivity index (χ2n) is 7.70. The predicted molar refractivity (Wildman–Crippen MR) is 94.3 cm³/mol. The first kappa shape index (κ1) is 18.4. The Labute approximate surface area is 156 Å². The molecular formula is C19H19F3N2O2S. The lowest BCUT2D eigenvalue weighted by Gasteiger charge is -2.36. The molecule has 1 aromatic carbocycles. The van der Waals surface area contributed by atoms with Crippen LogP contribution in [-0.2, 0) is 16.2 Å². The molecule has 2 saturated carbocycles. The first-order chi connectivity index (χ1) is 12.7. The molecule has 2 aliphatic carbocycles. The first-order valence-corrected chi connectivity index (χ1v) is 10.4. The Hall–Kier alpha value is -2.01. The highest BCUT2D eigenvalue weighted by Crippen LogP contribution is 2.64. The van der Waals surface area contributed by atoms with Gasteiger partial charge in [-0.2, -0.15) is 18.4 Å². The quantitative estimate of drug-likeness (QED) is 0.723. The van der Waals surface area contributed by atoms with Crippen molar-refractivity contribution in [2.45, 2.75) is 36.6 Å². The van der Waals surface area contributed by atoms with E-state index in [9.17, 15) is 21.6 Å². The van der Waals surface area contributed by atoms with E-state index in [-0.39, 0.29) is 30.0 Å². The molecule has 1 aliphatic heterocycles. The number of alkyl halides is 3. The number of rotatable bonds is 3. The number of halogens is 3. The lowest BCUT2D eigenvalue weighted by molar-refractivity contribution is -0.137. The zero-order chi connectivity index (χ0) is 19.6. The summed E-state index contributed by atoms with van der Waals surface area (Å²) in [5.74, 6) is 0.223. The van der Waals surface area contributed by atoms with E-state index in [2.05, 4.69) is 6.58 Å². The Morgan fingerprint density at radius 2 is 2.11 bits per heavy atom.